The Bertz CT molecular complexity index is 1000. The molecule has 1 aromatic carbocycles. The highest BCUT2D eigenvalue weighted by Gasteiger charge is 2.18. The van der Waals surface area contributed by atoms with Crippen LogP contribution in [-0.2, 0) is 13.2 Å². The molecule has 0 amide bonds. The van der Waals surface area contributed by atoms with Crippen LogP contribution in [0.15, 0.2) is 42.6 Å². The molecule has 0 fully saturated rings. The number of pyridine rings is 1. The molecule has 1 atom stereocenters. The number of aliphatic hydroxyl groups is 1. The average molecular weight is 347 g/mol. The number of nitrogens with one attached hydrogen (secondary N) is 1. The van der Waals surface area contributed by atoms with Crippen molar-refractivity contribution in [3.8, 4) is 23.1 Å². The van der Waals surface area contributed by atoms with Gasteiger partial charge in [-0.25, -0.2) is 4.98 Å². The fourth-order valence-electron chi connectivity index (χ4n) is 2.96. The van der Waals surface area contributed by atoms with E-state index in [0.29, 0.717) is 18.8 Å². The van der Waals surface area contributed by atoms with Gasteiger partial charge in [0.1, 0.15) is 30.3 Å². The number of anilines is 1. The monoisotopic (exact) mass is 347 g/mol. The summed E-state index contributed by atoms with van der Waals surface area (Å²) >= 11 is 0. The molecule has 2 N–H and O–H groups in total. The van der Waals surface area contributed by atoms with E-state index >= 15 is 0 Å². The third kappa shape index (κ3) is 3.10. The zero-order valence-corrected chi connectivity index (χ0v) is 14.2. The molecule has 2 aromatic heterocycles. The molecule has 4 rings (SSSR count). The van der Waals surface area contributed by atoms with Crippen molar-refractivity contribution in [3.63, 3.8) is 0 Å². The van der Waals surface area contributed by atoms with Crippen molar-refractivity contribution in [1.82, 2.24) is 14.8 Å². The van der Waals surface area contributed by atoms with Crippen LogP contribution in [0.3, 0.4) is 0 Å². The molecule has 3 heterocycles. The molecule has 26 heavy (non-hydrogen) atoms. The van der Waals surface area contributed by atoms with Crippen LogP contribution in [0.25, 0.3) is 11.3 Å². The first kappa shape index (κ1) is 16.1. The number of ether oxygens (including phenoxy) is 1. The van der Waals surface area contributed by atoms with Crippen molar-refractivity contribution in [2.24, 2.45) is 0 Å². The van der Waals surface area contributed by atoms with Gasteiger partial charge in [-0.05, 0) is 31.2 Å². The first-order chi connectivity index (χ1) is 12.6. The summed E-state index contributed by atoms with van der Waals surface area (Å²) in [4.78, 5) is 3.99. The highest BCUT2D eigenvalue weighted by molar-refractivity contribution is 5.60. The molecule has 0 radical (unpaired) electrons. The molecule has 1 aliphatic heterocycles. The molecule has 1 aliphatic rings. The van der Waals surface area contributed by atoms with E-state index in [1.807, 2.05) is 41.1 Å². The first-order valence-corrected chi connectivity index (χ1v) is 8.26. The predicted octanol–water partition coefficient (Wildman–Crippen LogP) is 2.51. The van der Waals surface area contributed by atoms with Gasteiger partial charge in [-0.1, -0.05) is 6.07 Å². The number of aromatic nitrogens is 3. The second-order valence-corrected chi connectivity index (χ2v) is 6.15. The SMILES string of the molecule is CC(O)Nc1ccc2c(c1)OCc1cc(-c3ccnc(C#N)c3)nn1C2. The third-order valence-electron chi connectivity index (χ3n) is 4.17. The molecule has 1 unspecified atom stereocenters. The van der Waals surface area contributed by atoms with Crippen molar-refractivity contribution in [2.45, 2.75) is 26.3 Å². The van der Waals surface area contributed by atoms with Gasteiger partial charge in [0.2, 0.25) is 0 Å². The molecule has 0 aliphatic carbocycles. The molecule has 0 saturated carbocycles. The quantitative estimate of drug-likeness (QED) is 0.707. The maximum absolute atomic E-state index is 9.46. The Balaban J connectivity index is 1.64. The standard InChI is InChI=1S/C19H17N5O2/c1-12(25)22-15-3-2-14-10-24-17(11-26-19(14)7-15)8-18(23-24)13-4-5-21-16(6-13)9-20/h2-8,12,22,25H,10-11H2,1H3. The second kappa shape index (κ2) is 6.50. The number of hydrogen-bond donors (Lipinski definition) is 2. The molecule has 7 nitrogen and oxygen atoms in total. The molecule has 7 heteroatoms. The van der Waals surface area contributed by atoms with E-state index in [4.69, 9.17) is 10.00 Å². The minimum absolute atomic E-state index is 0.366. The summed E-state index contributed by atoms with van der Waals surface area (Å²) in [6, 6.07) is 13.3. The lowest BCUT2D eigenvalue weighted by Crippen LogP contribution is -2.13. The molecule has 3 aromatic rings. The Morgan fingerprint density at radius 2 is 2.19 bits per heavy atom. The van der Waals surface area contributed by atoms with E-state index in [9.17, 15) is 5.11 Å². The Kier molecular flexibility index (Phi) is 4.03. The molecule has 0 saturated heterocycles. The molecule has 0 spiro atoms. The molecular weight excluding hydrogens is 330 g/mol. The Morgan fingerprint density at radius 3 is 3.00 bits per heavy atom. The number of benzene rings is 1. The normalized spacial score (nSPS) is 13.6. The summed E-state index contributed by atoms with van der Waals surface area (Å²) in [6.45, 7) is 2.66. The van der Waals surface area contributed by atoms with Gasteiger partial charge in [-0.15, -0.1) is 0 Å². The lowest BCUT2D eigenvalue weighted by molar-refractivity contribution is 0.224. The number of fused-ring (bicyclic) bond motifs is 2. The first-order valence-electron chi connectivity index (χ1n) is 8.26. The smallest absolute Gasteiger partial charge is 0.141 e. The zero-order valence-electron chi connectivity index (χ0n) is 14.2. The Hall–Kier alpha value is -3.37. The zero-order chi connectivity index (χ0) is 18.1. The minimum Gasteiger partial charge on any atom is -0.487 e. The minimum atomic E-state index is -0.629. The van der Waals surface area contributed by atoms with Gasteiger partial charge >= 0.3 is 0 Å². The summed E-state index contributed by atoms with van der Waals surface area (Å²) in [6.07, 6.45) is 0.983. The topological polar surface area (TPSA) is 96.0 Å². The van der Waals surface area contributed by atoms with Crippen molar-refractivity contribution in [3.05, 3.63) is 59.5 Å². The van der Waals surface area contributed by atoms with Gasteiger partial charge in [0.05, 0.1) is 17.9 Å². The van der Waals surface area contributed by atoms with Gasteiger partial charge in [-0.3, -0.25) is 4.68 Å². The van der Waals surface area contributed by atoms with Crippen molar-refractivity contribution >= 4 is 5.69 Å². The fourth-order valence-corrected chi connectivity index (χ4v) is 2.96. The highest BCUT2D eigenvalue weighted by Crippen LogP contribution is 2.30. The van der Waals surface area contributed by atoms with Gasteiger partial charge < -0.3 is 15.2 Å². The summed E-state index contributed by atoms with van der Waals surface area (Å²) in [5.41, 5.74) is 4.79. The van der Waals surface area contributed by atoms with E-state index in [1.165, 1.54) is 0 Å². The molecule has 130 valence electrons. The van der Waals surface area contributed by atoms with Crippen molar-refractivity contribution in [2.75, 3.05) is 5.32 Å². The van der Waals surface area contributed by atoms with E-state index in [1.54, 1.807) is 19.2 Å². The number of rotatable bonds is 3. The lowest BCUT2D eigenvalue weighted by atomic mass is 10.1. The van der Waals surface area contributed by atoms with E-state index in [-0.39, 0.29) is 0 Å². The van der Waals surface area contributed by atoms with E-state index in [2.05, 4.69) is 15.4 Å². The summed E-state index contributed by atoms with van der Waals surface area (Å²) < 4.78 is 7.86. The van der Waals surface area contributed by atoms with E-state index in [0.717, 1.165) is 34.0 Å². The van der Waals surface area contributed by atoms with Gasteiger partial charge in [0.25, 0.3) is 0 Å². The summed E-state index contributed by atoms with van der Waals surface area (Å²) in [7, 11) is 0. The molecular formula is C19H17N5O2. The Labute approximate surface area is 150 Å². The van der Waals surface area contributed by atoms with Crippen LogP contribution in [0.1, 0.15) is 23.9 Å². The van der Waals surface area contributed by atoms with Gasteiger partial charge in [0.15, 0.2) is 0 Å². The van der Waals surface area contributed by atoms with Crippen LogP contribution in [0.2, 0.25) is 0 Å². The lowest BCUT2D eigenvalue weighted by Gasteiger charge is -2.12. The second-order valence-electron chi connectivity index (χ2n) is 6.15. The third-order valence-corrected chi connectivity index (χ3v) is 4.17. The molecule has 0 bridgehead atoms. The van der Waals surface area contributed by atoms with Crippen LogP contribution >= 0.6 is 0 Å². The van der Waals surface area contributed by atoms with Crippen LogP contribution in [0, 0.1) is 11.3 Å². The van der Waals surface area contributed by atoms with Gasteiger partial charge in [-0.2, -0.15) is 10.4 Å². The van der Waals surface area contributed by atoms with Crippen LogP contribution in [-0.4, -0.2) is 26.1 Å². The number of aliphatic hydroxyl groups excluding tert-OH is 1. The largest absolute Gasteiger partial charge is 0.487 e. The number of nitrogens with zero attached hydrogens (tertiary/aromatic N) is 4. The summed E-state index contributed by atoms with van der Waals surface area (Å²) in [5.74, 6) is 0.776. The predicted molar refractivity (Wildman–Crippen MR) is 95.4 cm³/mol. The Morgan fingerprint density at radius 1 is 1.31 bits per heavy atom. The number of hydrogen-bond acceptors (Lipinski definition) is 6. The maximum atomic E-state index is 9.46. The fraction of sp³-hybridized carbons (Fsp3) is 0.211. The average Bonchev–Trinajstić information content (AvgIpc) is 2.96. The van der Waals surface area contributed by atoms with Crippen LogP contribution in [0.4, 0.5) is 5.69 Å². The summed E-state index contributed by atoms with van der Waals surface area (Å²) in [5, 5.41) is 26.1. The van der Waals surface area contributed by atoms with Crippen molar-refractivity contribution < 1.29 is 9.84 Å². The van der Waals surface area contributed by atoms with E-state index < -0.39 is 6.23 Å². The number of nitriles is 1. The maximum Gasteiger partial charge on any atom is 0.141 e. The van der Waals surface area contributed by atoms with Gasteiger partial charge in [0, 0.05) is 29.1 Å². The highest BCUT2D eigenvalue weighted by atomic mass is 16.5. The van der Waals surface area contributed by atoms with Crippen molar-refractivity contribution in [1.29, 1.82) is 5.26 Å². The van der Waals surface area contributed by atoms with Crippen LogP contribution in [0.5, 0.6) is 5.75 Å². The van der Waals surface area contributed by atoms with Crippen LogP contribution < -0.4 is 10.1 Å².